The van der Waals surface area contributed by atoms with Gasteiger partial charge in [-0.2, -0.15) is 0 Å². The first-order valence-electron chi connectivity index (χ1n) is 8.69. The molecule has 4 heteroatoms. The lowest BCUT2D eigenvalue weighted by Gasteiger charge is -2.36. The highest BCUT2D eigenvalue weighted by atomic mass is 16.5. The van der Waals surface area contributed by atoms with E-state index in [2.05, 4.69) is 31.0 Å². The van der Waals surface area contributed by atoms with E-state index in [0.717, 1.165) is 44.9 Å². The Morgan fingerprint density at radius 2 is 1.95 bits per heavy atom. The standard InChI is InChI=1S/C17H34N2O2/c1-5-7-16(17(20)21-6-2)19-10-8-15(9-11-19)13-18-12-14(3)4/h14-16,18H,5-13H2,1-4H3. The zero-order chi connectivity index (χ0) is 15.7. The van der Waals surface area contributed by atoms with Gasteiger partial charge in [-0.15, -0.1) is 0 Å². The Kier molecular flexibility index (Phi) is 8.93. The molecule has 0 saturated carbocycles. The second-order valence-corrected chi connectivity index (χ2v) is 6.59. The molecule has 0 aromatic rings. The van der Waals surface area contributed by atoms with Gasteiger partial charge in [-0.05, 0) is 64.2 Å². The Balaban J connectivity index is 2.36. The van der Waals surface area contributed by atoms with E-state index >= 15 is 0 Å². The first kappa shape index (κ1) is 18.4. The number of hydrogen-bond donors (Lipinski definition) is 1. The predicted molar refractivity (Wildman–Crippen MR) is 87.3 cm³/mol. The molecule has 0 spiro atoms. The Labute approximate surface area is 130 Å². The van der Waals surface area contributed by atoms with Gasteiger partial charge in [0, 0.05) is 0 Å². The van der Waals surface area contributed by atoms with Crippen LogP contribution in [-0.2, 0) is 9.53 Å². The summed E-state index contributed by atoms with van der Waals surface area (Å²) in [6.07, 6.45) is 4.31. The van der Waals surface area contributed by atoms with Gasteiger partial charge in [-0.3, -0.25) is 9.69 Å². The van der Waals surface area contributed by atoms with Gasteiger partial charge in [0.15, 0.2) is 0 Å². The van der Waals surface area contributed by atoms with Gasteiger partial charge in [0.05, 0.1) is 6.61 Å². The third-order valence-electron chi connectivity index (χ3n) is 4.20. The van der Waals surface area contributed by atoms with Crippen LogP contribution in [0.25, 0.3) is 0 Å². The molecule has 21 heavy (non-hydrogen) atoms. The topological polar surface area (TPSA) is 41.6 Å². The van der Waals surface area contributed by atoms with Crippen molar-refractivity contribution in [3.05, 3.63) is 0 Å². The van der Waals surface area contributed by atoms with Crippen LogP contribution < -0.4 is 5.32 Å². The number of nitrogens with zero attached hydrogens (tertiary/aromatic N) is 1. The van der Waals surface area contributed by atoms with Crippen LogP contribution in [0.3, 0.4) is 0 Å². The second kappa shape index (κ2) is 10.2. The number of likely N-dealkylation sites (tertiary alicyclic amines) is 1. The largest absolute Gasteiger partial charge is 0.465 e. The van der Waals surface area contributed by atoms with E-state index in [9.17, 15) is 4.79 Å². The summed E-state index contributed by atoms with van der Waals surface area (Å²) in [5.41, 5.74) is 0. The first-order valence-corrected chi connectivity index (χ1v) is 8.69. The normalized spacial score (nSPS) is 18.9. The SMILES string of the molecule is CCCC(C(=O)OCC)N1CCC(CNCC(C)C)CC1. The lowest BCUT2D eigenvalue weighted by molar-refractivity contribution is -0.150. The minimum Gasteiger partial charge on any atom is -0.465 e. The molecular weight excluding hydrogens is 264 g/mol. The van der Waals surface area contributed by atoms with Crippen LogP contribution in [0.4, 0.5) is 0 Å². The van der Waals surface area contributed by atoms with E-state index < -0.39 is 0 Å². The van der Waals surface area contributed by atoms with Crippen molar-refractivity contribution >= 4 is 5.97 Å². The van der Waals surface area contributed by atoms with Gasteiger partial charge in [0.25, 0.3) is 0 Å². The van der Waals surface area contributed by atoms with Crippen molar-refractivity contribution in [1.29, 1.82) is 0 Å². The fourth-order valence-electron chi connectivity index (χ4n) is 3.01. The van der Waals surface area contributed by atoms with E-state index in [1.54, 1.807) is 0 Å². The highest BCUT2D eigenvalue weighted by Gasteiger charge is 2.29. The number of esters is 1. The van der Waals surface area contributed by atoms with Crippen molar-refractivity contribution < 1.29 is 9.53 Å². The molecule has 0 radical (unpaired) electrons. The molecule has 1 fully saturated rings. The fraction of sp³-hybridized carbons (Fsp3) is 0.941. The summed E-state index contributed by atoms with van der Waals surface area (Å²) in [7, 11) is 0. The van der Waals surface area contributed by atoms with Gasteiger partial charge < -0.3 is 10.1 Å². The second-order valence-electron chi connectivity index (χ2n) is 6.59. The average molecular weight is 298 g/mol. The van der Waals surface area contributed by atoms with Crippen molar-refractivity contribution in [3.8, 4) is 0 Å². The first-order chi connectivity index (χ1) is 10.1. The summed E-state index contributed by atoms with van der Waals surface area (Å²) in [5, 5.41) is 3.56. The maximum absolute atomic E-state index is 12.1. The van der Waals surface area contributed by atoms with Crippen molar-refractivity contribution in [3.63, 3.8) is 0 Å². The van der Waals surface area contributed by atoms with Gasteiger partial charge in [0.2, 0.25) is 0 Å². The summed E-state index contributed by atoms with van der Waals surface area (Å²) in [6, 6.07) is -0.0282. The summed E-state index contributed by atoms with van der Waals surface area (Å²) < 4.78 is 5.23. The highest BCUT2D eigenvalue weighted by molar-refractivity contribution is 5.75. The van der Waals surface area contributed by atoms with Gasteiger partial charge in [0.1, 0.15) is 6.04 Å². The number of piperidine rings is 1. The molecule has 1 saturated heterocycles. The molecule has 0 bridgehead atoms. The van der Waals surface area contributed by atoms with E-state index in [1.807, 2.05) is 6.92 Å². The van der Waals surface area contributed by atoms with Crippen LogP contribution in [0.15, 0.2) is 0 Å². The molecule has 1 atom stereocenters. The molecule has 1 unspecified atom stereocenters. The maximum Gasteiger partial charge on any atom is 0.323 e. The molecule has 0 aromatic carbocycles. The monoisotopic (exact) mass is 298 g/mol. The molecular formula is C17H34N2O2. The van der Waals surface area contributed by atoms with Crippen LogP contribution >= 0.6 is 0 Å². The minimum atomic E-state index is -0.0317. The Morgan fingerprint density at radius 3 is 2.48 bits per heavy atom. The number of carbonyl (C=O) groups excluding carboxylic acids is 1. The smallest absolute Gasteiger partial charge is 0.323 e. The summed E-state index contributed by atoms with van der Waals surface area (Å²) in [6.45, 7) is 13.2. The fourth-order valence-corrected chi connectivity index (χ4v) is 3.01. The lowest BCUT2D eigenvalue weighted by atomic mass is 9.94. The Bertz CT molecular complexity index is 287. The number of hydrogen-bond acceptors (Lipinski definition) is 4. The molecule has 4 nitrogen and oxygen atoms in total. The summed E-state index contributed by atoms with van der Waals surface area (Å²) >= 11 is 0. The summed E-state index contributed by atoms with van der Waals surface area (Å²) in [5.74, 6) is 1.43. The van der Waals surface area contributed by atoms with E-state index in [4.69, 9.17) is 4.74 Å². The van der Waals surface area contributed by atoms with E-state index in [1.165, 1.54) is 12.8 Å². The van der Waals surface area contributed by atoms with Gasteiger partial charge >= 0.3 is 5.97 Å². The van der Waals surface area contributed by atoms with E-state index in [-0.39, 0.29) is 12.0 Å². The van der Waals surface area contributed by atoms with Crippen molar-refractivity contribution in [2.45, 2.75) is 59.4 Å². The molecule has 0 aromatic heterocycles. The Hall–Kier alpha value is -0.610. The lowest BCUT2D eigenvalue weighted by Crippen LogP contribution is -2.47. The molecule has 1 heterocycles. The molecule has 1 rings (SSSR count). The predicted octanol–water partition coefficient (Wildman–Crippen LogP) is 2.68. The van der Waals surface area contributed by atoms with Crippen LogP contribution in [-0.4, -0.2) is 49.7 Å². The third-order valence-corrected chi connectivity index (χ3v) is 4.20. The van der Waals surface area contributed by atoms with Gasteiger partial charge in [-0.25, -0.2) is 0 Å². The molecule has 0 aliphatic carbocycles. The van der Waals surface area contributed by atoms with Crippen molar-refractivity contribution in [2.24, 2.45) is 11.8 Å². The molecule has 0 amide bonds. The van der Waals surface area contributed by atoms with E-state index in [0.29, 0.717) is 12.5 Å². The van der Waals surface area contributed by atoms with Crippen molar-refractivity contribution in [2.75, 3.05) is 32.8 Å². The van der Waals surface area contributed by atoms with Gasteiger partial charge in [-0.1, -0.05) is 27.2 Å². The number of nitrogens with one attached hydrogen (secondary N) is 1. The molecule has 124 valence electrons. The number of carbonyl (C=O) groups is 1. The van der Waals surface area contributed by atoms with Crippen LogP contribution in [0.2, 0.25) is 0 Å². The maximum atomic E-state index is 12.1. The zero-order valence-electron chi connectivity index (χ0n) is 14.4. The molecule has 1 N–H and O–H groups in total. The number of ether oxygens (including phenoxy) is 1. The highest BCUT2D eigenvalue weighted by Crippen LogP contribution is 2.21. The molecule has 1 aliphatic rings. The summed E-state index contributed by atoms with van der Waals surface area (Å²) in [4.78, 5) is 14.4. The van der Waals surface area contributed by atoms with Crippen LogP contribution in [0.5, 0.6) is 0 Å². The van der Waals surface area contributed by atoms with Crippen molar-refractivity contribution in [1.82, 2.24) is 10.2 Å². The Morgan fingerprint density at radius 1 is 1.29 bits per heavy atom. The third kappa shape index (κ3) is 6.79. The average Bonchev–Trinajstić information content (AvgIpc) is 2.45. The van der Waals surface area contributed by atoms with Crippen LogP contribution in [0.1, 0.15) is 53.4 Å². The van der Waals surface area contributed by atoms with Crippen LogP contribution in [0, 0.1) is 11.8 Å². The zero-order valence-corrected chi connectivity index (χ0v) is 14.4. The number of rotatable bonds is 9. The molecule has 1 aliphatic heterocycles. The minimum absolute atomic E-state index is 0.0282. The quantitative estimate of drug-likeness (QED) is 0.665.